The van der Waals surface area contributed by atoms with E-state index in [1.54, 1.807) is 28.9 Å². The van der Waals surface area contributed by atoms with Gasteiger partial charge in [-0.05, 0) is 38.2 Å². The van der Waals surface area contributed by atoms with E-state index in [-0.39, 0.29) is 5.56 Å². The van der Waals surface area contributed by atoms with Crippen molar-refractivity contribution < 1.29 is 9.90 Å². The minimum atomic E-state index is -0.922. The monoisotopic (exact) mass is 245 g/mol. The fourth-order valence-electron chi connectivity index (χ4n) is 1.75. The molecule has 2 aromatic rings. The van der Waals surface area contributed by atoms with Gasteiger partial charge in [0.15, 0.2) is 0 Å². The van der Waals surface area contributed by atoms with Crippen molar-refractivity contribution in [3.63, 3.8) is 0 Å². The summed E-state index contributed by atoms with van der Waals surface area (Å²) in [5.74, 6) is -0.922. The van der Waals surface area contributed by atoms with Crippen LogP contribution in [0.15, 0.2) is 30.5 Å². The third-order valence-electron chi connectivity index (χ3n) is 2.75. The van der Waals surface area contributed by atoms with Crippen LogP contribution in [0.2, 0.25) is 0 Å². The molecule has 94 valence electrons. The molecule has 0 fully saturated rings. The van der Waals surface area contributed by atoms with E-state index < -0.39 is 5.97 Å². The summed E-state index contributed by atoms with van der Waals surface area (Å²) in [5, 5.41) is 16.3. The maximum absolute atomic E-state index is 10.8. The van der Waals surface area contributed by atoms with Crippen LogP contribution in [0.3, 0.4) is 0 Å². The number of aromatic carboxylic acids is 1. The molecule has 0 aliphatic carbocycles. The molecular formula is C13H15N3O2. The Hall–Kier alpha value is -2.14. The molecule has 0 radical (unpaired) electrons. The average molecular weight is 245 g/mol. The Morgan fingerprint density at radius 2 is 2.06 bits per heavy atom. The molecule has 2 rings (SSSR count). The molecule has 0 saturated heterocycles. The molecule has 5 nitrogen and oxygen atoms in total. The molecule has 0 atom stereocenters. The molecule has 0 aliphatic rings. The van der Waals surface area contributed by atoms with Crippen LogP contribution in [0, 0.1) is 6.92 Å². The highest BCUT2D eigenvalue weighted by atomic mass is 16.4. The van der Waals surface area contributed by atoms with Crippen molar-refractivity contribution >= 4 is 5.97 Å². The van der Waals surface area contributed by atoms with Gasteiger partial charge >= 0.3 is 5.97 Å². The smallest absolute Gasteiger partial charge is 0.335 e. The van der Waals surface area contributed by atoms with Crippen molar-refractivity contribution in [2.24, 2.45) is 0 Å². The van der Waals surface area contributed by atoms with Crippen LogP contribution >= 0.6 is 0 Å². The maximum Gasteiger partial charge on any atom is 0.335 e. The van der Waals surface area contributed by atoms with Crippen molar-refractivity contribution in [1.29, 1.82) is 0 Å². The quantitative estimate of drug-likeness (QED) is 0.858. The van der Waals surface area contributed by atoms with Crippen LogP contribution in [-0.2, 0) is 6.54 Å². The Labute approximate surface area is 105 Å². The maximum atomic E-state index is 10.8. The first-order valence-electron chi connectivity index (χ1n) is 5.65. The Kier molecular flexibility index (Phi) is 3.43. The number of carboxylic acid groups (broad SMARTS) is 1. The SMILES string of the molecule is CNCc1cn(-c2ccc(C(=O)O)cc2)nc1C. The summed E-state index contributed by atoms with van der Waals surface area (Å²) >= 11 is 0. The molecule has 18 heavy (non-hydrogen) atoms. The van der Waals surface area contributed by atoms with E-state index in [2.05, 4.69) is 10.4 Å². The lowest BCUT2D eigenvalue weighted by Gasteiger charge is -2.01. The normalized spacial score (nSPS) is 10.6. The number of benzene rings is 1. The summed E-state index contributed by atoms with van der Waals surface area (Å²) in [4.78, 5) is 10.8. The predicted molar refractivity (Wildman–Crippen MR) is 68.0 cm³/mol. The predicted octanol–water partition coefficient (Wildman–Crippen LogP) is 1.60. The molecule has 0 amide bonds. The van der Waals surface area contributed by atoms with E-state index in [1.165, 1.54) is 0 Å². The molecule has 1 aromatic carbocycles. The summed E-state index contributed by atoms with van der Waals surface area (Å²) in [6.07, 6.45) is 1.95. The number of carboxylic acids is 1. The molecule has 1 heterocycles. The lowest BCUT2D eigenvalue weighted by Crippen LogP contribution is -2.05. The van der Waals surface area contributed by atoms with Crippen molar-refractivity contribution in [2.45, 2.75) is 13.5 Å². The van der Waals surface area contributed by atoms with Crippen molar-refractivity contribution in [1.82, 2.24) is 15.1 Å². The van der Waals surface area contributed by atoms with E-state index in [1.807, 2.05) is 20.2 Å². The number of nitrogens with zero attached hydrogens (tertiary/aromatic N) is 2. The van der Waals surface area contributed by atoms with Crippen molar-refractivity contribution in [3.05, 3.63) is 47.3 Å². The van der Waals surface area contributed by atoms with E-state index in [0.29, 0.717) is 0 Å². The standard InChI is InChI=1S/C13H15N3O2/c1-9-11(7-14-2)8-16(15-9)12-5-3-10(4-6-12)13(17)18/h3-6,8,14H,7H2,1-2H3,(H,17,18). The summed E-state index contributed by atoms with van der Waals surface area (Å²) in [6.45, 7) is 2.72. The molecule has 0 bridgehead atoms. The van der Waals surface area contributed by atoms with Gasteiger partial charge < -0.3 is 10.4 Å². The number of nitrogens with one attached hydrogen (secondary N) is 1. The second-order valence-corrected chi connectivity index (χ2v) is 4.07. The minimum Gasteiger partial charge on any atom is -0.478 e. The second-order valence-electron chi connectivity index (χ2n) is 4.07. The van der Waals surface area contributed by atoms with Gasteiger partial charge in [-0.1, -0.05) is 0 Å². The summed E-state index contributed by atoms with van der Waals surface area (Å²) in [6, 6.07) is 6.65. The van der Waals surface area contributed by atoms with Gasteiger partial charge in [0, 0.05) is 18.3 Å². The van der Waals surface area contributed by atoms with Gasteiger partial charge in [-0.3, -0.25) is 0 Å². The largest absolute Gasteiger partial charge is 0.478 e. The Morgan fingerprint density at radius 3 is 2.61 bits per heavy atom. The third kappa shape index (κ3) is 2.41. The number of hydrogen-bond acceptors (Lipinski definition) is 3. The fourth-order valence-corrected chi connectivity index (χ4v) is 1.75. The third-order valence-corrected chi connectivity index (χ3v) is 2.75. The van der Waals surface area contributed by atoms with Gasteiger partial charge in [-0.15, -0.1) is 0 Å². The average Bonchev–Trinajstić information content (AvgIpc) is 2.72. The Balaban J connectivity index is 2.31. The summed E-state index contributed by atoms with van der Waals surface area (Å²) < 4.78 is 1.76. The number of aryl methyl sites for hydroxylation is 1. The van der Waals surface area contributed by atoms with Crippen LogP contribution in [0.1, 0.15) is 21.6 Å². The Morgan fingerprint density at radius 1 is 1.39 bits per heavy atom. The van der Waals surface area contributed by atoms with Gasteiger partial charge in [0.1, 0.15) is 0 Å². The highest BCUT2D eigenvalue weighted by Crippen LogP contribution is 2.13. The van der Waals surface area contributed by atoms with Gasteiger partial charge in [0.2, 0.25) is 0 Å². The second kappa shape index (κ2) is 5.01. The first-order valence-corrected chi connectivity index (χ1v) is 5.65. The van der Waals surface area contributed by atoms with E-state index in [4.69, 9.17) is 5.11 Å². The number of rotatable bonds is 4. The number of hydrogen-bond donors (Lipinski definition) is 2. The fraction of sp³-hybridized carbons (Fsp3) is 0.231. The van der Waals surface area contributed by atoms with E-state index in [0.717, 1.165) is 23.5 Å². The minimum absolute atomic E-state index is 0.276. The van der Waals surface area contributed by atoms with Crippen molar-refractivity contribution in [2.75, 3.05) is 7.05 Å². The van der Waals surface area contributed by atoms with E-state index >= 15 is 0 Å². The highest BCUT2D eigenvalue weighted by Gasteiger charge is 2.07. The Bertz CT molecular complexity index is 558. The highest BCUT2D eigenvalue weighted by molar-refractivity contribution is 5.87. The van der Waals surface area contributed by atoms with Gasteiger partial charge in [0.25, 0.3) is 0 Å². The molecule has 0 spiro atoms. The molecule has 5 heteroatoms. The molecule has 0 aliphatic heterocycles. The van der Waals surface area contributed by atoms with Gasteiger partial charge in [-0.2, -0.15) is 5.10 Å². The zero-order valence-corrected chi connectivity index (χ0v) is 10.3. The van der Waals surface area contributed by atoms with Crippen LogP contribution in [0.25, 0.3) is 5.69 Å². The lowest BCUT2D eigenvalue weighted by molar-refractivity contribution is 0.0697. The number of aromatic nitrogens is 2. The first-order chi connectivity index (χ1) is 8.61. The zero-order valence-electron chi connectivity index (χ0n) is 10.3. The van der Waals surface area contributed by atoms with Crippen molar-refractivity contribution in [3.8, 4) is 5.69 Å². The molecule has 0 unspecified atom stereocenters. The molecule has 2 N–H and O–H groups in total. The zero-order chi connectivity index (χ0) is 13.1. The van der Waals surface area contributed by atoms with Crippen LogP contribution in [0.4, 0.5) is 0 Å². The number of carbonyl (C=O) groups is 1. The topological polar surface area (TPSA) is 67.2 Å². The van der Waals surface area contributed by atoms with Gasteiger partial charge in [0.05, 0.1) is 16.9 Å². The first kappa shape index (κ1) is 12.3. The van der Waals surface area contributed by atoms with Crippen LogP contribution in [-0.4, -0.2) is 27.9 Å². The lowest BCUT2D eigenvalue weighted by atomic mass is 10.2. The van der Waals surface area contributed by atoms with Crippen LogP contribution < -0.4 is 5.32 Å². The van der Waals surface area contributed by atoms with Gasteiger partial charge in [-0.25, -0.2) is 9.48 Å². The molecule has 0 saturated carbocycles. The molecular weight excluding hydrogens is 230 g/mol. The summed E-state index contributed by atoms with van der Waals surface area (Å²) in [7, 11) is 1.89. The van der Waals surface area contributed by atoms with Crippen LogP contribution in [0.5, 0.6) is 0 Å². The molecule has 1 aromatic heterocycles. The summed E-state index contributed by atoms with van der Waals surface area (Å²) in [5.41, 5.74) is 3.22. The van der Waals surface area contributed by atoms with E-state index in [9.17, 15) is 4.79 Å².